The van der Waals surface area contributed by atoms with Crippen LogP contribution in [0.4, 0.5) is 5.69 Å². The van der Waals surface area contributed by atoms with Crippen LogP contribution < -0.4 is 10.9 Å². The van der Waals surface area contributed by atoms with Gasteiger partial charge in [0.1, 0.15) is 5.82 Å². The first-order valence-electron chi connectivity index (χ1n) is 8.59. The van der Waals surface area contributed by atoms with Crippen molar-refractivity contribution in [1.29, 1.82) is 0 Å². The predicted octanol–water partition coefficient (Wildman–Crippen LogP) is 3.95. The summed E-state index contributed by atoms with van der Waals surface area (Å²) in [6.07, 6.45) is 0. The topological polar surface area (TPSA) is 64.0 Å². The van der Waals surface area contributed by atoms with E-state index in [0.29, 0.717) is 28.0 Å². The molecular formula is C22H17N3O2. The van der Waals surface area contributed by atoms with Gasteiger partial charge in [0.15, 0.2) is 0 Å². The molecule has 0 unspecified atom stereocenters. The molecule has 0 saturated carbocycles. The first kappa shape index (κ1) is 16.7. The van der Waals surface area contributed by atoms with Crippen molar-refractivity contribution in [2.45, 2.75) is 6.92 Å². The van der Waals surface area contributed by atoms with Crippen LogP contribution in [0, 0.1) is 6.92 Å². The first-order chi connectivity index (χ1) is 13.1. The highest BCUT2D eigenvalue weighted by molar-refractivity contribution is 6.04. The molecule has 4 rings (SSSR count). The van der Waals surface area contributed by atoms with Gasteiger partial charge in [-0.1, -0.05) is 30.3 Å². The maximum Gasteiger partial charge on any atom is 0.265 e. The summed E-state index contributed by atoms with van der Waals surface area (Å²) in [4.78, 5) is 29.7. The van der Waals surface area contributed by atoms with Gasteiger partial charge in [0.05, 0.1) is 16.6 Å². The first-order valence-corrected chi connectivity index (χ1v) is 8.59. The van der Waals surface area contributed by atoms with Gasteiger partial charge in [-0.15, -0.1) is 0 Å². The van der Waals surface area contributed by atoms with E-state index < -0.39 is 0 Å². The van der Waals surface area contributed by atoms with Gasteiger partial charge in [0.25, 0.3) is 11.5 Å². The van der Waals surface area contributed by atoms with Crippen molar-refractivity contribution in [3.05, 3.63) is 101 Å². The average molecular weight is 355 g/mol. The Balaban J connectivity index is 1.68. The van der Waals surface area contributed by atoms with Crippen molar-refractivity contribution in [2.75, 3.05) is 5.32 Å². The lowest BCUT2D eigenvalue weighted by Gasteiger charge is -2.11. The monoisotopic (exact) mass is 355 g/mol. The van der Waals surface area contributed by atoms with Crippen molar-refractivity contribution in [1.82, 2.24) is 9.55 Å². The minimum atomic E-state index is -0.201. The van der Waals surface area contributed by atoms with E-state index in [0.717, 1.165) is 5.69 Å². The molecule has 132 valence electrons. The normalized spacial score (nSPS) is 10.7. The van der Waals surface area contributed by atoms with Gasteiger partial charge in [0, 0.05) is 11.3 Å². The molecule has 0 spiro atoms. The average Bonchev–Trinajstić information content (AvgIpc) is 2.69. The number of anilines is 1. The molecule has 0 atom stereocenters. The van der Waals surface area contributed by atoms with Crippen molar-refractivity contribution in [3.8, 4) is 5.69 Å². The van der Waals surface area contributed by atoms with Crippen LogP contribution in [0.15, 0.2) is 83.7 Å². The highest BCUT2D eigenvalue weighted by Crippen LogP contribution is 2.15. The molecule has 1 heterocycles. The molecule has 0 aliphatic rings. The molecular weight excluding hydrogens is 338 g/mol. The summed E-state index contributed by atoms with van der Waals surface area (Å²) < 4.78 is 1.56. The molecule has 3 aromatic carbocycles. The van der Waals surface area contributed by atoms with E-state index in [-0.39, 0.29) is 11.5 Å². The zero-order valence-corrected chi connectivity index (χ0v) is 14.7. The molecule has 0 aliphatic heterocycles. The Morgan fingerprint density at radius 2 is 1.56 bits per heavy atom. The number of aryl methyl sites for hydroxylation is 1. The van der Waals surface area contributed by atoms with Crippen molar-refractivity contribution in [2.24, 2.45) is 0 Å². The second-order valence-corrected chi connectivity index (χ2v) is 6.18. The highest BCUT2D eigenvalue weighted by atomic mass is 16.1. The van der Waals surface area contributed by atoms with Crippen LogP contribution in [-0.4, -0.2) is 15.5 Å². The van der Waals surface area contributed by atoms with Gasteiger partial charge < -0.3 is 5.32 Å². The molecule has 0 fully saturated rings. The molecule has 0 saturated heterocycles. The van der Waals surface area contributed by atoms with Gasteiger partial charge in [-0.05, 0) is 55.5 Å². The largest absolute Gasteiger partial charge is 0.322 e. The maximum absolute atomic E-state index is 12.9. The summed E-state index contributed by atoms with van der Waals surface area (Å²) in [6, 6.07) is 23.5. The molecule has 0 bridgehead atoms. The lowest BCUT2D eigenvalue weighted by atomic mass is 10.1. The summed E-state index contributed by atoms with van der Waals surface area (Å²) in [5, 5.41) is 3.41. The third kappa shape index (κ3) is 3.22. The summed E-state index contributed by atoms with van der Waals surface area (Å²) in [5.74, 6) is 0.397. The quantitative estimate of drug-likeness (QED) is 0.605. The van der Waals surface area contributed by atoms with Gasteiger partial charge in [0.2, 0.25) is 0 Å². The summed E-state index contributed by atoms with van der Waals surface area (Å²) in [7, 11) is 0. The second-order valence-electron chi connectivity index (χ2n) is 6.18. The van der Waals surface area contributed by atoms with E-state index in [2.05, 4.69) is 10.3 Å². The Labute approximate surface area is 155 Å². The predicted molar refractivity (Wildman–Crippen MR) is 106 cm³/mol. The zero-order valence-electron chi connectivity index (χ0n) is 14.7. The fourth-order valence-electron chi connectivity index (χ4n) is 3.03. The third-order valence-electron chi connectivity index (χ3n) is 4.36. The maximum atomic E-state index is 12.9. The Bertz CT molecular complexity index is 1180. The van der Waals surface area contributed by atoms with E-state index in [1.54, 1.807) is 41.8 Å². The van der Waals surface area contributed by atoms with Gasteiger partial charge in [-0.3, -0.25) is 14.2 Å². The van der Waals surface area contributed by atoms with Gasteiger partial charge >= 0.3 is 0 Å². The fraction of sp³-hybridized carbons (Fsp3) is 0.0455. The summed E-state index contributed by atoms with van der Waals surface area (Å²) >= 11 is 0. The standard InChI is InChI=1S/C22H17N3O2/c1-15-23-20-10-6-5-9-19(20)22(27)25(15)18-13-11-16(12-14-18)21(26)24-17-7-3-2-4-8-17/h2-14H,1H3,(H,24,26). The van der Waals surface area contributed by atoms with Gasteiger partial charge in [-0.25, -0.2) is 4.98 Å². The molecule has 4 aromatic rings. The number of benzene rings is 3. The molecule has 0 aliphatic carbocycles. The number of fused-ring (bicyclic) bond motifs is 1. The van der Waals surface area contributed by atoms with Crippen LogP contribution in [0.5, 0.6) is 0 Å². The molecule has 1 aromatic heterocycles. The van der Waals surface area contributed by atoms with Crippen molar-refractivity contribution in [3.63, 3.8) is 0 Å². The van der Waals surface area contributed by atoms with Crippen molar-refractivity contribution >= 4 is 22.5 Å². The lowest BCUT2D eigenvalue weighted by molar-refractivity contribution is 0.102. The van der Waals surface area contributed by atoms with Gasteiger partial charge in [-0.2, -0.15) is 0 Å². The van der Waals surface area contributed by atoms with Crippen molar-refractivity contribution < 1.29 is 4.79 Å². The molecule has 5 heteroatoms. The number of nitrogens with one attached hydrogen (secondary N) is 1. The third-order valence-corrected chi connectivity index (χ3v) is 4.36. The summed E-state index contributed by atoms with van der Waals surface area (Å²) in [5.41, 5.74) is 2.47. The molecule has 5 nitrogen and oxygen atoms in total. The van der Waals surface area contributed by atoms with E-state index >= 15 is 0 Å². The molecule has 1 amide bonds. The SMILES string of the molecule is Cc1nc2ccccc2c(=O)n1-c1ccc(C(=O)Nc2ccccc2)cc1. The number of hydrogen-bond acceptors (Lipinski definition) is 3. The van der Waals surface area contributed by atoms with E-state index in [9.17, 15) is 9.59 Å². The number of rotatable bonds is 3. The van der Waals surface area contributed by atoms with E-state index in [1.807, 2.05) is 48.5 Å². The number of hydrogen-bond donors (Lipinski definition) is 1. The smallest absolute Gasteiger partial charge is 0.265 e. The number of nitrogens with zero attached hydrogens (tertiary/aromatic N) is 2. The fourth-order valence-corrected chi connectivity index (χ4v) is 3.03. The van der Waals surface area contributed by atoms with Crippen LogP contribution in [0.3, 0.4) is 0 Å². The van der Waals surface area contributed by atoms with Crippen LogP contribution in [-0.2, 0) is 0 Å². The number of aromatic nitrogens is 2. The number of amides is 1. The zero-order chi connectivity index (χ0) is 18.8. The minimum Gasteiger partial charge on any atom is -0.322 e. The number of para-hydroxylation sites is 2. The second kappa shape index (κ2) is 6.88. The highest BCUT2D eigenvalue weighted by Gasteiger charge is 2.11. The van der Waals surface area contributed by atoms with Crippen LogP contribution in [0.25, 0.3) is 16.6 Å². The van der Waals surface area contributed by atoms with Crippen LogP contribution >= 0.6 is 0 Å². The lowest BCUT2D eigenvalue weighted by Crippen LogP contribution is -2.22. The molecule has 1 N–H and O–H groups in total. The molecule has 0 radical (unpaired) electrons. The number of carbonyl (C=O) groups excluding carboxylic acids is 1. The van der Waals surface area contributed by atoms with E-state index in [1.165, 1.54) is 0 Å². The Hall–Kier alpha value is -3.73. The summed E-state index contributed by atoms with van der Waals surface area (Å²) in [6.45, 7) is 1.80. The van der Waals surface area contributed by atoms with Crippen LogP contribution in [0.2, 0.25) is 0 Å². The van der Waals surface area contributed by atoms with E-state index in [4.69, 9.17) is 0 Å². The Morgan fingerprint density at radius 3 is 2.30 bits per heavy atom. The molecule has 27 heavy (non-hydrogen) atoms. The van der Waals surface area contributed by atoms with Crippen LogP contribution in [0.1, 0.15) is 16.2 Å². The Kier molecular flexibility index (Phi) is 4.26. The Morgan fingerprint density at radius 1 is 0.889 bits per heavy atom. The number of carbonyl (C=O) groups is 1. The minimum absolute atomic E-state index is 0.125.